The van der Waals surface area contributed by atoms with Crippen LogP contribution < -0.4 is 5.48 Å². The van der Waals surface area contributed by atoms with Gasteiger partial charge in [-0.05, 0) is 30.2 Å². The summed E-state index contributed by atoms with van der Waals surface area (Å²) in [5.41, 5.74) is 3.60. The third-order valence-electron chi connectivity index (χ3n) is 3.99. The van der Waals surface area contributed by atoms with Crippen molar-refractivity contribution >= 4 is 5.97 Å². The molecular formula is C18H18FNO3. The van der Waals surface area contributed by atoms with Crippen molar-refractivity contribution in [3.8, 4) is 0 Å². The topological polar surface area (TPSA) is 47.6 Å². The lowest BCUT2D eigenvalue weighted by molar-refractivity contribution is -0.147. The van der Waals surface area contributed by atoms with Gasteiger partial charge < -0.3 is 4.74 Å². The Kier molecular flexibility index (Phi) is 4.41. The molecule has 120 valence electrons. The lowest BCUT2D eigenvalue weighted by atomic mass is 9.82. The van der Waals surface area contributed by atoms with Crippen LogP contribution >= 0.6 is 0 Å². The van der Waals surface area contributed by atoms with Crippen LogP contribution in [-0.2, 0) is 20.0 Å². The lowest BCUT2D eigenvalue weighted by Crippen LogP contribution is -2.31. The van der Waals surface area contributed by atoms with E-state index in [0.29, 0.717) is 13.0 Å². The maximum atomic E-state index is 13.3. The number of ether oxygens (including phenoxy) is 1. The van der Waals surface area contributed by atoms with Gasteiger partial charge in [-0.15, -0.1) is 0 Å². The van der Waals surface area contributed by atoms with Gasteiger partial charge in [0.1, 0.15) is 17.5 Å². The minimum absolute atomic E-state index is 0.311. The van der Waals surface area contributed by atoms with Crippen molar-refractivity contribution in [3.63, 3.8) is 0 Å². The summed E-state index contributed by atoms with van der Waals surface area (Å²) in [5.74, 6) is -0.669. The van der Waals surface area contributed by atoms with Crippen LogP contribution in [0.3, 0.4) is 0 Å². The number of carbonyl (C=O) groups excluding carboxylic acids is 1. The Morgan fingerprint density at radius 1 is 1.22 bits per heavy atom. The van der Waals surface area contributed by atoms with Crippen LogP contribution in [0, 0.1) is 5.82 Å². The van der Waals surface area contributed by atoms with Crippen molar-refractivity contribution in [1.82, 2.24) is 5.48 Å². The number of hydroxylamine groups is 1. The predicted molar refractivity (Wildman–Crippen MR) is 82.9 cm³/mol. The van der Waals surface area contributed by atoms with Gasteiger partial charge >= 0.3 is 5.97 Å². The van der Waals surface area contributed by atoms with Gasteiger partial charge in [-0.3, -0.25) is 9.63 Å². The second-order valence-electron chi connectivity index (χ2n) is 5.43. The number of halogens is 1. The van der Waals surface area contributed by atoms with Gasteiger partial charge in [-0.1, -0.05) is 42.5 Å². The number of hydrogen-bond donors (Lipinski definition) is 1. The van der Waals surface area contributed by atoms with Crippen LogP contribution in [-0.4, -0.2) is 18.6 Å². The molecular weight excluding hydrogens is 297 g/mol. The highest BCUT2D eigenvalue weighted by Gasteiger charge is 2.46. The number of hydrogen-bond acceptors (Lipinski definition) is 4. The first kappa shape index (κ1) is 15.6. The largest absolute Gasteiger partial charge is 0.465 e. The Balaban J connectivity index is 1.99. The summed E-state index contributed by atoms with van der Waals surface area (Å²) in [6.07, 6.45) is 0.376. The van der Waals surface area contributed by atoms with Gasteiger partial charge in [0.25, 0.3) is 0 Å². The molecule has 0 spiro atoms. The first-order valence-corrected chi connectivity index (χ1v) is 7.57. The molecule has 0 bridgehead atoms. The third kappa shape index (κ3) is 2.98. The second kappa shape index (κ2) is 6.48. The molecule has 1 aliphatic heterocycles. The molecule has 1 aliphatic rings. The molecule has 1 N–H and O–H groups in total. The smallest absolute Gasteiger partial charge is 0.325 e. The fourth-order valence-electron chi connectivity index (χ4n) is 2.86. The summed E-state index contributed by atoms with van der Waals surface area (Å²) in [5, 5.41) is 0. The predicted octanol–water partition coefficient (Wildman–Crippen LogP) is 2.93. The van der Waals surface area contributed by atoms with E-state index in [4.69, 9.17) is 9.57 Å². The van der Waals surface area contributed by atoms with Gasteiger partial charge in [0.2, 0.25) is 0 Å². The molecule has 0 aliphatic carbocycles. The number of carbonyl (C=O) groups is 1. The summed E-state index contributed by atoms with van der Waals surface area (Å²) in [6.45, 7) is 2.07. The fourth-order valence-corrected chi connectivity index (χ4v) is 2.86. The summed E-state index contributed by atoms with van der Waals surface area (Å²) < 4.78 is 18.3. The first-order chi connectivity index (χ1) is 11.2. The summed E-state index contributed by atoms with van der Waals surface area (Å²) >= 11 is 0. The SMILES string of the molecule is CCOC(=O)C1CC(c2ccccc2)(c2ccc(F)cc2)ON1. The maximum Gasteiger partial charge on any atom is 0.325 e. The number of esters is 1. The number of benzene rings is 2. The Morgan fingerprint density at radius 2 is 1.87 bits per heavy atom. The minimum Gasteiger partial charge on any atom is -0.465 e. The Bertz CT molecular complexity index is 674. The van der Waals surface area contributed by atoms with Gasteiger partial charge in [0.15, 0.2) is 0 Å². The highest BCUT2D eigenvalue weighted by Crippen LogP contribution is 2.41. The van der Waals surface area contributed by atoms with Crippen LogP contribution in [0.2, 0.25) is 0 Å². The summed E-state index contributed by atoms with van der Waals surface area (Å²) in [6, 6.07) is 15.1. The van der Waals surface area contributed by atoms with E-state index in [1.165, 1.54) is 12.1 Å². The molecule has 4 nitrogen and oxygen atoms in total. The molecule has 0 amide bonds. The molecule has 0 aromatic heterocycles. The molecule has 2 aromatic carbocycles. The van der Waals surface area contributed by atoms with Crippen LogP contribution in [0.25, 0.3) is 0 Å². The average Bonchev–Trinajstić information content (AvgIpc) is 3.03. The lowest BCUT2D eigenvalue weighted by Gasteiger charge is -2.28. The van der Waals surface area contributed by atoms with Crippen molar-refractivity contribution in [3.05, 3.63) is 71.5 Å². The minimum atomic E-state index is -0.855. The first-order valence-electron chi connectivity index (χ1n) is 7.57. The fraction of sp³-hybridized carbons (Fsp3) is 0.278. The highest BCUT2D eigenvalue weighted by molar-refractivity contribution is 5.76. The van der Waals surface area contributed by atoms with E-state index in [1.54, 1.807) is 19.1 Å². The molecule has 0 radical (unpaired) electrons. The maximum absolute atomic E-state index is 13.3. The molecule has 2 aromatic rings. The molecule has 1 heterocycles. The molecule has 1 saturated heterocycles. The van der Waals surface area contributed by atoms with Crippen molar-refractivity contribution in [2.75, 3.05) is 6.61 Å². The Labute approximate surface area is 134 Å². The summed E-state index contributed by atoms with van der Waals surface area (Å²) in [7, 11) is 0. The van der Waals surface area contributed by atoms with E-state index < -0.39 is 11.6 Å². The molecule has 5 heteroatoms. The second-order valence-corrected chi connectivity index (χ2v) is 5.43. The molecule has 1 fully saturated rings. The average molecular weight is 315 g/mol. The zero-order valence-electron chi connectivity index (χ0n) is 12.8. The van der Waals surface area contributed by atoms with E-state index in [1.807, 2.05) is 30.3 Å². The molecule has 3 rings (SSSR count). The zero-order valence-corrected chi connectivity index (χ0v) is 12.8. The van der Waals surface area contributed by atoms with Crippen LogP contribution in [0.15, 0.2) is 54.6 Å². The molecule has 23 heavy (non-hydrogen) atoms. The van der Waals surface area contributed by atoms with E-state index in [-0.39, 0.29) is 11.8 Å². The van der Waals surface area contributed by atoms with Gasteiger partial charge in [0, 0.05) is 6.42 Å². The van der Waals surface area contributed by atoms with Crippen LogP contribution in [0.4, 0.5) is 4.39 Å². The van der Waals surface area contributed by atoms with Crippen LogP contribution in [0.5, 0.6) is 0 Å². The van der Waals surface area contributed by atoms with Crippen molar-refractivity contribution in [2.45, 2.75) is 25.0 Å². The zero-order chi connectivity index (χ0) is 16.3. The third-order valence-corrected chi connectivity index (χ3v) is 3.99. The standard InChI is InChI=1S/C18H18FNO3/c1-2-22-17(21)16-12-18(23-20-16,13-6-4-3-5-7-13)14-8-10-15(19)11-9-14/h3-11,16,20H,2,12H2,1H3. The monoisotopic (exact) mass is 315 g/mol. The van der Waals surface area contributed by atoms with E-state index in [9.17, 15) is 9.18 Å². The number of nitrogens with one attached hydrogen (secondary N) is 1. The van der Waals surface area contributed by atoms with Gasteiger partial charge in [-0.25, -0.2) is 4.39 Å². The quantitative estimate of drug-likeness (QED) is 0.881. The van der Waals surface area contributed by atoms with Crippen molar-refractivity contribution < 1.29 is 18.8 Å². The van der Waals surface area contributed by atoms with E-state index in [0.717, 1.165) is 11.1 Å². The normalized spacial score (nSPS) is 23.7. The Morgan fingerprint density at radius 3 is 2.52 bits per heavy atom. The van der Waals surface area contributed by atoms with Gasteiger partial charge in [0.05, 0.1) is 6.61 Å². The highest BCUT2D eigenvalue weighted by atomic mass is 19.1. The summed E-state index contributed by atoms with van der Waals surface area (Å²) in [4.78, 5) is 17.9. The van der Waals surface area contributed by atoms with Crippen LogP contribution in [0.1, 0.15) is 24.5 Å². The van der Waals surface area contributed by atoms with E-state index in [2.05, 4.69) is 5.48 Å². The number of rotatable bonds is 4. The molecule has 2 atom stereocenters. The molecule has 2 unspecified atom stereocenters. The Hall–Kier alpha value is -2.24. The molecule has 0 saturated carbocycles. The van der Waals surface area contributed by atoms with Crippen molar-refractivity contribution in [1.29, 1.82) is 0 Å². The van der Waals surface area contributed by atoms with E-state index >= 15 is 0 Å². The van der Waals surface area contributed by atoms with Gasteiger partial charge in [-0.2, -0.15) is 5.48 Å². The van der Waals surface area contributed by atoms with Crippen molar-refractivity contribution in [2.24, 2.45) is 0 Å².